The van der Waals surface area contributed by atoms with Crippen LogP contribution in [0.2, 0.25) is 0 Å². The summed E-state index contributed by atoms with van der Waals surface area (Å²) in [6, 6.07) is 23.7. The third-order valence-corrected chi connectivity index (χ3v) is 6.99. The van der Waals surface area contributed by atoms with Crippen LogP contribution in [0.25, 0.3) is 55.1 Å². The molecule has 0 bridgehead atoms. The molecule has 2 N–H and O–H groups in total. The van der Waals surface area contributed by atoms with Gasteiger partial charge >= 0.3 is 0 Å². The Kier molecular flexibility index (Phi) is 4.86. The molecule has 1 fully saturated rings. The maximum Gasteiger partial charge on any atom is 0.116 e. The zero-order valence-electron chi connectivity index (χ0n) is 19.3. The topological polar surface area (TPSA) is 69.8 Å². The standard InChI is InChI=1S/C29H25N5O/c1-2-4-23-21(3-1)16-30-17-25(23)20-6-8-27-24(14-20)29(33-32-27)28-15-22-13-19(5-7-26(22)31-28)18-34-9-11-35-12-10-34/h1-8,13-17,31H,9-12,18H2,(H,32,33). The van der Waals surface area contributed by atoms with E-state index >= 15 is 0 Å². The average Bonchev–Trinajstić information content (AvgIpc) is 3.52. The molecular weight excluding hydrogens is 434 g/mol. The maximum absolute atomic E-state index is 5.49. The monoisotopic (exact) mass is 459 g/mol. The highest BCUT2D eigenvalue weighted by atomic mass is 16.5. The Labute approximate surface area is 202 Å². The van der Waals surface area contributed by atoms with Gasteiger partial charge in [-0.2, -0.15) is 5.10 Å². The summed E-state index contributed by atoms with van der Waals surface area (Å²) in [5.74, 6) is 0. The van der Waals surface area contributed by atoms with Crippen LogP contribution in [-0.4, -0.2) is 51.4 Å². The van der Waals surface area contributed by atoms with E-state index in [9.17, 15) is 0 Å². The highest BCUT2D eigenvalue weighted by Crippen LogP contribution is 2.34. The summed E-state index contributed by atoms with van der Waals surface area (Å²) >= 11 is 0. The third kappa shape index (κ3) is 3.67. The fraction of sp³-hybridized carbons (Fsp3) is 0.172. The molecule has 172 valence electrons. The van der Waals surface area contributed by atoms with Gasteiger partial charge in [-0.25, -0.2) is 0 Å². The molecule has 0 amide bonds. The summed E-state index contributed by atoms with van der Waals surface area (Å²) in [4.78, 5) is 10.5. The van der Waals surface area contributed by atoms with Crippen molar-refractivity contribution in [1.82, 2.24) is 25.1 Å². The van der Waals surface area contributed by atoms with Crippen molar-refractivity contribution in [3.05, 3.63) is 84.7 Å². The first-order valence-electron chi connectivity index (χ1n) is 12.1. The van der Waals surface area contributed by atoms with E-state index in [-0.39, 0.29) is 0 Å². The number of morpholine rings is 1. The molecule has 0 unspecified atom stereocenters. The number of rotatable bonds is 4. The average molecular weight is 460 g/mol. The van der Waals surface area contributed by atoms with Gasteiger partial charge in [0.1, 0.15) is 5.69 Å². The number of H-pyrrole nitrogens is 2. The van der Waals surface area contributed by atoms with Crippen LogP contribution in [0.1, 0.15) is 5.56 Å². The minimum absolute atomic E-state index is 0.819. The highest BCUT2D eigenvalue weighted by Gasteiger charge is 2.15. The molecule has 3 aromatic heterocycles. The van der Waals surface area contributed by atoms with Crippen molar-refractivity contribution >= 4 is 32.6 Å². The molecular formula is C29H25N5O. The van der Waals surface area contributed by atoms with E-state index in [0.29, 0.717) is 0 Å². The second-order valence-corrected chi connectivity index (χ2v) is 9.23. The minimum Gasteiger partial charge on any atom is -0.379 e. The molecule has 0 atom stereocenters. The van der Waals surface area contributed by atoms with Crippen LogP contribution >= 0.6 is 0 Å². The van der Waals surface area contributed by atoms with E-state index in [1.807, 2.05) is 18.5 Å². The summed E-state index contributed by atoms with van der Waals surface area (Å²) in [6.07, 6.45) is 3.86. The van der Waals surface area contributed by atoms with E-state index in [1.54, 1.807) is 0 Å². The van der Waals surface area contributed by atoms with Crippen molar-refractivity contribution in [2.24, 2.45) is 0 Å². The molecule has 0 saturated carbocycles. The largest absolute Gasteiger partial charge is 0.379 e. The Hall–Kier alpha value is -4.00. The number of nitrogens with one attached hydrogen (secondary N) is 2. The highest BCUT2D eigenvalue weighted by molar-refractivity contribution is 6.01. The first-order valence-corrected chi connectivity index (χ1v) is 12.1. The number of ether oxygens (including phenoxy) is 1. The molecule has 6 nitrogen and oxygen atoms in total. The van der Waals surface area contributed by atoms with E-state index in [1.165, 1.54) is 16.3 Å². The van der Waals surface area contributed by atoms with Crippen molar-refractivity contribution in [2.75, 3.05) is 26.3 Å². The van der Waals surface area contributed by atoms with Crippen LogP contribution in [-0.2, 0) is 11.3 Å². The molecule has 7 rings (SSSR count). The SMILES string of the molecule is c1ccc2c(-c3ccc4[nH]nc(-c5cc6cc(CN7CCOCC7)ccc6[nH]5)c4c3)cncc2c1. The summed E-state index contributed by atoms with van der Waals surface area (Å²) in [5, 5.41) is 12.5. The lowest BCUT2D eigenvalue weighted by Gasteiger charge is -2.26. The number of nitrogens with zero attached hydrogens (tertiary/aromatic N) is 3. The summed E-state index contributed by atoms with van der Waals surface area (Å²) in [6.45, 7) is 4.57. The molecule has 6 heteroatoms. The van der Waals surface area contributed by atoms with Gasteiger partial charge in [-0.05, 0) is 46.8 Å². The lowest BCUT2D eigenvalue weighted by atomic mass is 9.99. The van der Waals surface area contributed by atoms with E-state index in [2.05, 4.69) is 85.7 Å². The van der Waals surface area contributed by atoms with Crippen molar-refractivity contribution in [3.8, 4) is 22.5 Å². The Bertz CT molecular complexity index is 1670. The summed E-state index contributed by atoms with van der Waals surface area (Å²) in [7, 11) is 0. The molecule has 3 aromatic carbocycles. The number of benzene rings is 3. The summed E-state index contributed by atoms with van der Waals surface area (Å²) < 4.78 is 5.49. The predicted octanol–water partition coefficient (Wildman–Crippen LogP) is 5.76. The van der Waals surface area contributed by atoms with Gasteiger partial charge in [0.15, 0.2) is 0 Å². The van der Waals surface area contributed by atoms with E-state index < -0.39 is 0 Å². The quantitative estimate of drug-likeness (QED) is 0.352. The zero-order chi connectivity index (χ0) is 23.2. The van der Waals surface area contributed by atoms with Gasteiger partial charge in [0.05, 0.1) is 24.4 Å². The van der Waals surface area contributed by atoms with Crippen LogP contribution < -0.4 is 0 Å². The predicted molar refractivity (Wildman–Crippen MR) is 140 cm³/mol. The number of aromatic nitrogens is 4. The van der Waals surface area contributed by atoms with Gasteiger partial charge < -0.3 is 9.72 Å². The van der Waals surface area contributed by atoms with E-state index in [4.69, 9.17) is 4.74 Å². The van der Waals surface area contributed by atoms with Crippen molar-refractivity contribution in [2.45, 2.75) is 6.54 Å². The molecule has 35 heavy (non-hydrogen) atoms. The third-order valence-electron chi connectivity index (χ3n) is 6.99. The fourth-order valence-electron chi connectivity index (χ4n) is 5.16. The molecule has 1 aliphatic rings. The van der Waals surface area contributed by atoms with E-state index in [0.717, 1.165) is 77.2 Å². The smallest absolute Gasteiger partial charge is 0.116 e. The molecule has 4 heterocycles. The second kappa shape index (κ2) is 8.34. The minimum atomic E-state index is 0.819. The van der Waals surface area contributed by atoms with Crippen LogP contribution in [0.3, 0.4) is 0 Å². The fourth-order valence-corrected chi connectivity index (χ4v) is 5.16. The number of pyridine rings is 1. The normalized spacial score (nSPS) is 14.9. The lowest BCUT2D eigenvalue weighted by molar-refractivity contribution is 0.0342. The zero-order valence-corrected chi connectivity index (χ0v) is 19.3. The molecule has 0 spiro atoms. The van der Waals surface area contributed by atoms with Crippen molar-refractivity contribution in [3.63, 3.8) is 0 Å². The molecule has 0 radical (unpaired) electrons. The number of hydrogen-bond acceptors (Lipinski definition) is 4. The first-order chi connectivity index (χ1) is 17.3. The number of aromatic amines is 2. The Balaban J connectivity index is 1.27. The van der Waals surface area contributed by atoms with Gasteiger partial charge in [0.25, 0.3) is 0 Å². The Morgan fingerprint density at radius 1 is 0.829 bits per heavy atom. The van der Waals surface area contributed by atoms with Crippen molar-refractivity contribution < 1.29 is 4.74 Å². The molecule has 0 aliphatic carbocycles. The van der Waals surface area contributed by atoms with Crippen LogP contribution in [0.4, 0.5) is 0 Å². The van der Waals surface area contributed by atoms with Gasteiger partial charge in [-0.1, -0.05) is 36.4 Å². The Morgan fingerprint density at radius 2 is 1.71 bits per heavy atom. The van der Waals surface area contributed by atoms with Gasteiger partial charge in [-0.15, -0.1) is 0 Å². The van der Waals surface area contributed by atoms with Crippen LogP contribution in [0.15, 0.2) is 79.1 Å². The molecule has 6 aromatic rings. The first kappa shape index (κ1) is 20.4. The van der Waals surface area contributed by atoms with Crippen LogP contribution in [0, 0.1) is 0 Å². The molecule has 1 aliphatic heterocycles. The maximum atomic E-state index is 5.49. The van der Waals surface area contributed by atoms with Crippen molar-refractivity contribution in [1.29, 1.82) is 0 Å². The second-order valence-electron chi connectivity index (χ2n) is 9.23. The lowest BCUT2D eigenvalue weighted by Crippen LogP contribution is -2.35. The van der Waals surface area contributed by atoms with Crippen LogP contribution in [0.5, 0.6) is 0 Å². The number of hydrogen-bond donors (Lipinski definition) is 2. The van der Waals surface area contributed by atoms with Gasteiger partial charge in [-0.3, -0.25) is 15.0 Å². The van der Waals surface area contributed by atoms with Gasteiger partial charge in [0.2, 0.25) is 0 Å². The van der Waals surface area contributed by atoms with Gasteiger partial charge in [0, 0.05) is 59.3 Å². The number of fused-ring (bicyclic) bond motifs is 3. The summed E-state index contributed by atoms with van der Waals surface area (Å²) in [5.41, 5.74) is 7.67. The Morgan fingerprint density at radius 3 is 2.66 bits per heavy atom. The molecule has 1 saturated heterocycles.